The molecule has 2 aliphatic rings. The minimum absolute atomic E-state index is 0.00492. The summed E-state index contributed by atoms with van der Waals surface area (Å²) in [4.78, 5) is 45.8. The molecule has 9 nitrogen and oxygen atoms in total. The lowest BCUT2D eigenvalue weighted by atomic mass is 10.0. The Morgan fingerprint density at radius 3 is 1.61 bits per heavy atom. The Kier molecular flexibility index (Phi) is 8.66. The Labute approximate surface area is 259 Å². The predicted molar refractivity (Wildman–Crippen MR) is 172 cm³/mol. The molecule has 0 radical (unpaired) electrons. The molecule has 2 amide bonds. The minimum Gasteiger partial charge on any atom is -0.340 e. The molecule has 4 heterocycles. The summed E-state index contributed by atoms with van der Waals surface area (Å²) < 4.78 is 0. The van der Waals surface area contributed by atoms with Crippen LogP contribution in [0.3, 0.4) is 0 Å². The van der Waals surface area contributed by atoms with E-state index in [1.807, 2.05) is 36.0 Å². The van der Waals surface area contributed by atoms with Crippen molar-refractivity contribution in [2.45, 2.75) is 77.4 Å². The molecule has 4 aromatic rings. The summed E-state index contributed by atoms with van der Waals surface area (Å²) in [5, 5.41) is 0. The van der Waals surface area contributed by atoms with Gasteiger partial charge in [-0.2, -0.15) is 0 Å². The van der Waals surface area contributed by atoms with Gasteiger partial charge in [0.2, 0.25) is 11.8 Å². The second-order valence-electron chi connectivity index (χ2n) is 12.2. The number of carbonyl (C=O) groups excluding carboxylic acids is 2. The maximum atomic E-state index is 12.9. The van der Waals surface area contributed by atoms with Crippen molar-refractivity contribution in [3.05, 3.63) is 72.6 Å². The molecule has 0 unspecified atom stereocenters. The molecule has 4 N–H and O–H groups in total. The predicted octanol–water partition coefficient (Wildman–Crippen LogP) is 6.24. The average Bonchev–Trinajstić information content (AvgIpc) is 3.89. The highest BCUT2D eigenvalue weighted by atomic mass is 16.2. The van der Waals surface area contributed by atoms with Crippen molar-refractivity contribution in [2.24, 2.45) is 11.7 Å². The fourth-order valence-corrected chi connectivity index (χ4v) is 6.46. The van der Waals surface area contributed by atoms with Gasteiger partial charge in [0.1, 0.15) is 11.6 Å². The van der Waals surface area contributed by atoms with E-state index in [1.54, 1.807) is 0 Å². The molecular formula is C35H43N7O2. The molecular weight excluding hydrogens is 550 g/mol. The van der Waals surface area contributed by atoms with E-state index in [2.05, 4.69) is 75.4 Å². The van der Waals surface area contributed by atoms with Crippen molar-refractivity contribution in [2.75, 3.05) is 13.1 Å². The summed E-state index contributed by atoms with van der Waals surface area (Å²) in [7, 11) is 0. The molecule has 0 aliphatic carbocycles. The van der Waals surface area contributed by atoms with Crippen LogP contribution < -0.4 is 5.73 Å². The number of likely N-dealkylation sites (tertiary alicyclic amines) is 2. The summed E-state index contributed by atoms with van der Waals surface area (Å²) in [6, 6.07) is 16.4. The number of imidazole rings is 2. The maximum absolute atomic E-state index is 12.9. The SMILES string of the molecule is CC[C@H](C)C(=O)N1CCC[C@H]1c1ncc(-c2ccc(-c3ccc(-c4cnc([C@@H]5CCCN5C(=O)[C@@H](N)CC)[nH]4)cc3)cc2)[nH]1. The van der Waals surface area contributed by atoms with Crippen molar-refractivity contribution in [1.29, 1.82) is 0 Å². The zero-order valence-electron chi connectivity index (χ0n) is 25.9. The molecule has 2 aromatic carbocycles. The first-order chi connectivity index (χ1) is 21.4. The van der Waals surface area contributed by atoms with Crippen LogP contribution in [0.15, 0.2) is 60.9 Å². The molecule has 0 saturated carbocycles. The van der Waals surface area contributed by atoms with Crippen molar-refractivity contribution < 1.29 is 9.59 Å². The van der Waals surface area contributed by atoms with Crippen LogP contribution in [0.25, 0.3) is 33.6 Å². The van der Waals surface area contributed by atoms with Gasteiger partial charge >= 0.3 is 0 Å². The number of nitrogens with zero attached hydrogens (tertiary/aromatic N) is 4. The summed E-state index contributed by atoms with van der Waals surface area (Å²) >= 11 is 0. The van der Waals surface area contributed by atoms with Gasteiger partial charge in [0.05, 0.1) is 41.9 Å². The van der Waals surface area contributed by atoms with Crippen LogP contribution in [0.2, 0.25) is 0 Å². The van der Waals surface area contributed by atoms with Gasteiger partial charge in [0, 0.05) is 19.0 Å². The van der Waals surface area contributed by atoms with Crippen molar-refractivity contribution >= 4 is 11.8 Å². The number of amides is 2. The van der Waals surface area contributed by atoms with E-state index < -0.39 is 6.04 Å². The van der Waals surface area contributed by atoms with Gasteiger partial charge in [0.15, 0.2) is 0 Å². The summed E-state index contributed by atoms with van der Waals surface area (Å²) in [5.74, 6) is 1.95. The quantitative estimate of drug-likeness (QED) is 0.212. The van der Waals surface area contributed by atoms with Crippen molar-refractivity contribution in [3.63, 3.8) is 0 Å². The van der Waals surface area contributed by atoms with Crippen LogP contribution >= 0.6 is 0 Å². The maximum Gasteiger partial charge on any atom is 0.240 e. The zero-order chi connectivity index (χ0) is 30.8. The first-order valence-corrected chi connectivity index (χ1v) is 16.1. The highest BCUT2D eigenvalue weighted by Crippen LogP contribution is 2.35. The lowest BCUT2D eigenvalue weighted by Gasteiger charge is -2.26. The lowest BCUT2D eigenvalue weighted by Crippen LogP contribution is -2.43. The standard InChI is InChI=1S/C35H43N7O2/c1-4-22(3)34(43)41-18-6-8-30(41)32-37-20-28(39-32)25-14-10-23(11-15-25)24-12-16-26(17-13-24)29-21-38-33(40-29)31-9-7-19-42(31)35(44)27(36)5-2/h10-17,20-22,27,30-31H,4-9,18-19,36H2,1-3H3,(H,37,39)(H,38,40)/t22-,27-,30-,31-/m0/s1. The van der Waals surface area contributed by atoms with Gasteiger partial charge in [-0.1, -0.05) is 69.3 Å². The molecule has 230 valence electrons. The number of aromatic nitrogens is 4. The smallest absolute Gasteiger partial charge is 0.240 e. The second kappa shape index (κ2) is 12.8. The largest absolute Gasteiger partial charge is 0.340 e. The van der Waals surface area contributed by atoms with Gasteiger partial charge < -0.3 is 25.5 Å². The Morgan fingerprint density at radius 1 is 0.750 bits per heavy atom. The molecule has 0 bridgehead atoms. The average molecular weight is 594 g/mol. The van der Waals surface area contributed by atoms with Crippen LogP contribution in [-0.2, 0) is 9.59 Å². The van der Waals surface area contributed by atoms with E-state index in [1.165, 1.54) is 0 Å². The molecule has 2 fully saturated rings. The Balaban J connectivity index is 1.12. The lowest BCUT2D eigenvalue weighted by molar-refractivity contribution is -0.136. The molecule has 0 spiro atoms. The summed E-state index contributed by atoms with van der Waals surface area (Å²) in [5.41, 5.74) is 12.3. The van der Waals surface area contributed by atoms with E-state index in [0.29, 0.717) is 6.42 Å². The number of hydrogen-bond donors (Lipinski definition) is 3. The molecule has 2 saturated heterocycles. The van der Waals surface area contributed by atoms with Crippen LogP contribution in [0.5, 0.6) is 0 Å². The molecule has 9 heteroatoms. The number of H-pyrrole nitrogens is 2. The van der Waals surface area contributed by atoms with Gasteiger partial charge in [-0.05, 0) is 60.8 Å². The fraction of sp³-hybridized carbons (Fsp3) is 0.429. The second-order valence-corrected chi connectivity index (χ2v) is 12.2. The third kappa shape index (κ3) is 5.80. The normalized spacial score (nSPS) is 19.8. The molecule has 4 atom stereocenters. The van der Waals surface area contributed by atoms with E-state index in [9.17, 15) is 9.59 Å². The third-order valence-corrected chi connectivity index (χ3v) is 9.41. The third-order valence-electron chi connectivity index (χ3n) is 9.41. The Hall–Kier alpha value is -4.24. The zero-order valence-corrected chi connectivity index (χ0v) is 25.9. The van der Waals surface area contributed by atoms with Crippen LogP contribution in [0.1, 0.15) is 83.0 Å². The van der Waals surface area contributed by atoms with Gasteiger partial charge in [0.25, 0.3) is 0 Å². The van der Waals surface area contributed by atoms with Crippen LogP contribution in [0.4, 0.5) is 0 Å². The number of nitrogens with two attached hydrogens (primary N) is 1. The van der Waals surface area contributed by atoms with Gasteiger partial charge in [-0.25, -0.2) is 9.97 Å². The summed E-state index contributed by atoms with van der Waals surface area (Å²) in [6.45, 7) is 7.53. The number of nitrogens with one attached hydrogen (secondary N) is 2. The number of carbonyl (C=O) groups is 2. The molecule has 44 heavy (non-hydrogen) atoms. The first-order valence-electron chi connectivity index (χ1n) is 16.1. The number of hydrogen-bond acceptors (Lipinski definition) is 5. The number of rotatable bonds is 9. The van der Waals surface area contributed by atoms with E-state index >= 15 is 0 Å². The molecule has 2 aliphatic heterocycles. The van der Waals surface area contributed by atoms with Crippen LogP contribution in [-0.4, -0.2) is 60.7 Å². The minimum atomic E-state index is -0.460. The fourth-order valence-electron chi connectivity index (χ4n) is 6.46. The van der Waals surface area contributed by atoms with E-state index in [-0.39, 0.29) is 29.8 Å². The van der Waals surface area contributed by atoms with E-state index in [4.69, 9.17) is 5.73 Å². The number of aromatic amines is 2. The van der Waals surface area contributed by atoms with Gasteiger partial charge in [-0.3, -0.25) is 9.59 Å². The highest BCUT2D eigenvalue weighted by Gasteiger charge is 2.35. The highest BCUT2D eigenvalue weighted by molar-refractivity contribution is 5.82. The Morgan fingerprint density at radius 2 is 1.18 bits per heavy atom. The monoisotopic (exact) mass is 593 g/mol. The van der Waals surface area contributed by atoms with E-state index in [0.717, 1.165) is 90.5 Å². The molecule has 2 aromatic heterocycles. The van der Waals surface area contributed by atoms with Crippen LogP contribution in [0, 0.1) is 5.92 Å². The first kappa shape index (κ1) is 29.8. The van der Waals surface area contributed by atoms with Crippen molar-refractivity contribution in [1.82, 2.24) is 29.7 Å². The molecule has 6 rings (SSSR count). The van der Waals surface area contributed by atoms with Gasteiger partial charge in [-0.15, -0.1) is 0 Å². The Bertz CT molecular complexity index is 1470. The van der Waals surface area contributed by atoms with Crippen molar-refractivity contribution in [3.8, 4) is 33.6 Å². The topological polar surface area (TPSA) is 124 Å². The number of benzene rings is 2. The summed E-state index contributed by atoms with van der Waals surface area (Å²) in [6.07, 6.45) is 9.00.